The van der Waals surface area contributed by atoms with E-state index in [9.17, 15) is 4.79 Å². The van der Waals surface area contributed by atoms with Crippen molar-refractivity contribution in [3.63, 3.8) is 0 Å². The fraction of sp³-hybridized carbons (Fsp3) is 0.750. The van der Waals surface area contributed by atoms with E-state index in [0.717, 1.165) is 0 Å². The second-order valence-electron chi connectivity index (χ2n) is 4.73. The molecule has 17 heavy (non-hydrogen) atoms. The maximum absolute atomic E-state index is 11.5. The van der Waals surface area contributed by atoms with E-state index in [-0.39, 0.29) is 24.3 Å². The van der Waals surface area contributed by atoms with Crippen molar-refractivity contribution in [3.8, 4) is 0 Å². The average molecular weight is 242 g/mol. The summed E-state index contributed by atoms with van der Waals surface area (Å²) in [5.74, 6) is -0.979. The molecule has 96 valence electrons. The Bertz CT molecular complexity index is 347. The van der Waals surface area contributed by atoms with Crippen LogP contribution >= 0.6 is 0 Å². The standard InChI is InChI=1S/C12H18O5/c1-12(2)16-9-6-7(11(13)15-4)5-8(14-3)10(9)17-12/h6,8-10H,5H2,1-4H3/t8-,9+,10-/m1/s1. The first-order valence-corrected chi connectivity index (χ1v) is 5.64. The van der Waals surface area contributed by atoms with E-state index in [1.54, 1.807) is 13.2 Å². The fourth-order valence-electron chi connectivity index (χ4n) is 2.33. The van der Waals surface area contributed by atoms with Gasteiger partial charge in [0.2, 0.25) is 0 Å². The molecule has 0 aromatic heterocycles. The molecule has 1 heterocycles. The van der Waals surface area contributed by atoms with Crippen LogP contribution in [-0.4, -0.2) is 44.3 Å². The van der Waals surface area contributed by atoms with Gasteiger partial charge in [0.05, 0.1) is 13.2 Å². The molecule has 0 radical (unpaired) electrons. The number of methoxy groups -OCH3 is 2. The third-order valence-electron chi connectivity index (χ3n) is 3.07. The van der Waals surface area contributed by atoms with E-state index in [2.05, 4.69) is 0 Å². The summed E-state index contributed by atoms with van der Waals surface area (Å²) in [6, 6.07) is 0. The minimum atomic E-state index is -0.645. The highest BCUT2D eigenvalue weighted by Gasteiger charge is 2.47. The molecule has 3 atom stereocenters. The van der Waals surface area contributed by atoms with E-state index >= 15 is 0 Å². The van der Waals surface area contributed by atoms with Crippen LogP contribution in [0.5, 0.6) is 0 Å². The number of carbonyl (C=O) groups is 1. The van der Waals surface area contributed by atoms with E-state index < -0.39 is 5.79 Å². The van der Waals surface area contributed by atoms with Gasteiger partial charge in [-0.1, -0.05) is 0 Å². The molecule has 0 unspecified atom stereocenters. The van der Waals surface area contributed by atoms with Crippen molar-refractivity contribution in [3.05, 3.63) is 11.6 Å². The van der Waals surface area contributed by atoms with Crippen LogP contribution in [0.2, 0.25) is 0 Å². The molecule has 1 aliphatic heterocycles. The summed E-state index contributed by atoms with van der Waals surface area (Å²) >= 11 is 0. The van der Waals surface area contributed by atoms with Crippen LogP contribution in [0.1, 0.15) is 20.3 Å². The van der Waals surface area contributed by atoms with Crippen molar-refractivity contribution < 1.29 is 23.7 Å². The zero-order chi connectivity index (χ0) is 12.6. The Morgan fingerprint density at radius 1 is 1.41 bits per heavy atom. The highest BCUT2D eigenvalue weighted by molar-refractivity contribution is 5.88. The Kier molecular flexibility index (Phi) is 3.25. The van der Waals surface area contributed by atoms with Gasteiger partial charge in [-0.2, -0.15) is 0 Å². The summed E-state index contributed by atoms with van der Waals surface area (Å²) in [4.78, 5) is 11.5. The molecule has 5 nitrogen and oxygen atoms in total. The van der Waals surface area contributed by atoms with Crippen molar-refractivity contribution in [2.24, 2.45) is 0 Å². The maximum atomic E-state index is 11.5. The Balaban J connectivity index is 2.23. The smallest absolute Gasteiger partial charge is 0.333 e. The molecule has 1 aliphatic carbocycles. The topological polar surface area (TPSA) is 54.0 Å². The lowest BCUT2D eigenvalue weighted by Crippen LogP contribution is -2.40. The van der Waals surface area contributed by atoms with E-state index in [1.807, 2.05) is 13.8 Å². The molecule has 0 N–H and O–H groups in total. The van der Waals surface area contributed by atoms with Gasteiger partial charge in [-0.05, 0) is 19.9 Å². The molecule has 1 saturated heterocycles. The summed E-state index contributed by atoms with van der Waals surface area (Å²) in [6.45, 7) is 3.70. The van der Waals surface area contributed by atoms with Crippen LogP contribution in [-0.2, 0) is 23.7 Å². The maximum Gasteiger partial charge on any atom is 0.333 e. The molecule has 0 aromatic rings. The highest BCUT2D eigenvalue weighted by Crippen LogP contribution is 2.37. The molecule has 2 rings (SSSR count). The highest BCUT2D eigenvalue weighted by atomic mass is 16.8. The number of esters is 1. The van der Waals surface area contributed by atoms with E-state index in [4.69, 9.17) is 18.9 Å². The van der Waals surface area contributed by atoms with Crippen molar-refractivity contribution in [2.45, 2.75) is 44.4 Å². The van der Waals surface area contributed by atoms with Gasteiger partial charge < -0.3 is 18.9 Å². The second kappa shape index (κ2) is 4.40. The number of ether oxygens (including phenoxy) is 4. The number of hydrogen-bond acceptors (Lipinski definition) is 5. The summed E-state index contributed by atoms with van der Waals surface area (Å²) < 4.78 is 21.6. The Morgan fingerprint density at radius 3 is 2.71 bits per heavy atom. The number of hydrogen-bond donors (Lipinski definition) is 0. The minimum Gasteiger partial charge on any atom is -0.466 e. The SMILES string of the molecule is COC(=O)C1=C[C@@H]2OC(C)(C)O[C@@H]2[C@H](OC)C1. The van der Waals surface area contributed by atoms with Gasteiger partial charge in [0.25, 0.3) is 0 Å². The van der Waals surface area contributed by atoms with Gasteiger partial charge in [0, 0.05) is 19.1 Å². The van der Waals surface area contributed by atoms with Gasteiger partial charge in [-0.25, -0.2) is 4.79 Å². The third kappa shape index (κ3) is 2.36. The average Bonchev–Trinajstić information content (AvgIpc) is 2.60. The summed E-state index contributed by atoms with van der Waals surface area (Å²) in [5, 5.41) is 0. The lowest BCUT2D eigenvalue weighted by molar-refractivity contribution is -0.154. The Hall–Kier alpha value is -0.910. The van der Waals surface area contributed by atoms with Gasteiger partial charge in [0.15, 0.2) is 5.79 Å². The molecule has 0 bridgehead atoms. The number of fused-ring (bicyclic) bond motifs is 1. The first-order chi connectivity index (χ1) is 7.96. The Labute approximate surface area is 101 Å². The first-order valence-electron chi connectivity index (χ1n) is 5.64. The predicted molar refractivity (Wildman–Crippen MR) is 59.3 cm³/mol. The molecule has 5 heteroatoms. The lowest BCUT2D eigenvalue weighted by atomic mass is 9.92. The van der Waals surface area contributed by atoms with Crippen LogP contribution < -0.4 is 0 Å². The van der Waals surface area contributed by atoms with E-state index in [0.29, 0.717) is 12.0 Å². The van der Waals surface area contributed by atoms with Crippen LogP contribution in [0.15, 0.2) is 11.6 Å². The molecular formula is C12H18O5. The molecular weight excluding hydrogens is 224 g/mol. The van der Waals surface area contributed by atoms with Gasteiger partial charge >= 0.3 is 5.97 Å². The molecule has 0 saturated carbocycles. The van der Waals surface area contributed by atoms with E-state index in [1.165, 1.54) is 7.11 Å². The summed E-state index contributed by atoms with van der Waals surface area (Å²) in [6.07, 6.45) is 1.67. The van der Waals surface area contributed by atoms with Crippen molar-refractivity contribution in [1.82, 2.24) is 0 Å². The molecule has 0 amide bonds. The minimum absolute atomic E-state index is 0.164. The molecule has 0 spiro atoms. The van der Waals surface area contributed by atoms with Crippen LogP contribution in [0.25, 0.3) is 0 Å². The first kappa shape index (κ1) is 12.5. The second-order valence-corrected chi connectivity index (χ2v) is 4.73. The molecule has 2 aliphatic rings. The molecule has 1 fully saturated rings. The van der Waals surface area contributed by atoms with Crippen LogP contribution in [0, 0.1) is 0 Å². The zero-order valence-corrected chi connectivity index (χ0v) is 10.6. The number of rotatable bonds is 2. The van der Waals surface area contributed by atoms with Crippen LogP contribution in [0.3, 0.4) is 0 Å². The summed E-state index contributed by atoms with van der Waals surface area (Å²) in [5.41, 5.74) is 0.585. The van der Waals surface area contributed by atoms with Gasteiger partial charge in [-0.3, -0.25) is 0 Å². The monoisotopic (exact) mass is 242 g/mol. The van der Waals surface area contributed by atoms with Crippen molar-refractivity contribution >= 4 is 5.97 Å². The van der Waals surface area contributed by atoms with Crippen molar-refractivity contribution in [2.75, 3.05) is 14.2 Å². The Morgan fingerprint density at radius 2 is 2.12 bits per heavy atom. The fourth-order valence-corrected chi connectivity index (χ4v) is 2.33. The van der Waals surface area contributed by atoms with Gasteiger partial charge in [0.1, 0.15) is 12.2 Å². The predicted octanol–water partition coefficient (Wildman–Crippen LogP) is 1.02. The third-order valence-corrected chi connectivity index (χ3v) is 3.07. The number of carbonyl (C=O) groups excluding carboxylic acids is 1. The largest absolute Gasteiger partial charge is 0.466 e. The van der Waals surface area contributed by atoms with Crippen LogP contribution in [0.4, 0.5) is 0 Å². The quantitative estimate of drug-likeness (QED) is 0.677. The van der Waals surface area contributed by atoms with Crippen molar-refractivity contribution in [1.29, 1.82) is 0 Å². The summed E-state index contributed by atoms with van der Waals surface area (Å²) in [7, 11) is 2.98. The zero-order valence-electron chi connectivity index (χ0n) is 10.6. The molecule has 0 aromatic carbocycles. The van der Waals surface area contributed by atoms with Gasteiger partial charge in [-0.15, -0.1) is 0 Å². The lowest BCUT2D eigenvalue weighted by Gasteiger charge is -2.28. The normalized spacial score (nSPS) is 35.1.